The van der Waals surface area contributed by atoms with E-state index in [1.807, 2.05) is 97.1 Å². The second-order valence-electron chi connectivity index (χ2n) is 10.1. The molecule has 0 radical (unpaired) electrons. The molecule has 4 atom stereocenters. The maximum atomic E-state index is 14.4. The number of ether oxygens (including phenoxy) is 4. The highest BCUT2D eigenvalue weighted by molar-refractivity contribution is 5.99. The normalized spacial score (nSPS) is 24.9. The molecule has 1 N–H and O–H groups in total. The molecule has 0 unspecified atom stereocenters. The fourth-order valence-corrected chi connectivity index (χ4v) is 6.32. The summed E-state index contributed by atoms with van der Waals surface area (Å²) in [4.78, 5) is 14.4. The molecule has 3 aliphatic rings. The summed E-state index contributed by atoms with van der Waals surface area (Å²) in [5, 5.41) is 12.6. The average Bonchev–Trinajstić information content (AvgIpc) is 3.70. The molecule has 6 nitrogen and oxygen atoms in total. The maximum Gasteiger partial charge on any atom is 0.231 e. The smallest absolute Gasteiger partial charge is 0.231 e. The van der Waals surface area contributed by atoms with Gasteiger partial charge in [-0.05, 0) is 53.3 Å². The van der Waals surface area contributed by atoms with Crippen molar-refractivity contribution in [1.29, 1.82) is 0 Å². The van der Waals surface area contributed by atoms with E-state index in [1.54, 1.807) is 0 Å². The minimum Gasteiger partial charge on any atom is -0.454 e. The zero-order chi connectivity index (χ0) is 25.7. The highest BCUT2D eigenvalue weighted by atomic mass is 16.7. The maximum absolute atomic E-state index is 14.4. The largest absolute Gasteiger partial charge is 0.454 e. The van der Waals surface area contributed by atoms with Crippen molar-refractivity contribution in [3.8, 4) is 23.0 Å². The predicted molar refractivity (Wildman–Crippen MR) is 140 cm³/mol. The first kappa shape index (κ1) is 22.9. The number of benzene rings is 4. The van der Waals surface area contributed by atoms with Crippen LogP contribution in [0.2, 0.25) is 0 Å². The van der Waals surface area contributed by atoms with Gasteiger partial charge in [-0.1, -0.05) is 72.8 Å². The number of carbonyl (C=O) groups is 1. The van der Waals surface area contributed by atoms with Crippen molar-refractivity contribution in [1.82, 2.24) is 0 Å². The Labute approximate surface area is 220 Å². The number of Topliss-reactive ketones (excluding diaryl/α,β-unsaturated/α-hetero) is 1. The van der Waals surface area contributed by atoms with Gasteiger partial charge in [-0.25, -0.2) is 0 Å². The fourth-order valence-electron chi connectivity index (χ4n) is 6.32. The number of aliphatic hydroxyl groups is 1. The van der Waals surface area contributed by atoms with Gasteiger partial charge in [0.1, 0.15) is 5.60 Å². The highest BCUT2D eigenvalue weighted by Gasteiger charge is 2.57. The van der Waals surface area contributed by atoms with E-state index in [1.165, 1.54) is 0 Å². The summed E-state index contributed by atoms with van der Waals surface area (Å²) < 4.78 is 22.5. The Hall–Kier alpha value is -4.29. The lowest BCUT2D eigenvalue weighted by atomic mass is 9.73. The van der Waals surface area contributed by atoms with Gasteiger partial charge in [0.25, 0.3) is 0 Å². The molecule has 2 aliphatic heterocycles. The van der Waals surface area contributed by atoms with Gasteiger partial charge in [-0.15, -0.1) is 0 Å². The molecule has 4 aromatic carbocycles. The summed E-state index contributed by atoms with van der Waals surface area (Å²) >= 11 is 0. The van der Waals surface area contributed by atoms with Crippen LogP contribution in [0.1, 0.15) is 45.3 Å². The van der Waals surface area contributed by atoms with E-state index < -0.39 is 11.5 Å². The highest BCUT2D eigenvalue weighted by Crippen LogP contribution is 2.60. The predicted octanol–water partition coefficient (Wildman–Crippen LogP) is 5.80. The third-order valence-electron chi connectivity index (χ3n) is 8.06. The Morgan fingerprint density at radius 3 is 1.89 bits per heavy atom. The average molecular weight is 507 g/mol. The van der Waals surface area contributed by atoms with Crippen LogP contribution >= 0.6 is 0 Å². The van der Waals surface area contributed by atoms with Crippen LogP contribution in [0.25, 0.3) is 0 Å². The van der Waals surface area contributed by atoms with Crippen molar-refractivity contribution in [2.75, 3.05) is 13.6 Å². The molecule has 7 rings (SSSR count). The summed E-state index contributed by atoms with van der Waals surface area (Å²) in [5.41, 5.74) is 1.79. The van der Waals surface area contributed by atoms with Crippen molar-refractivity contribution < 1.29 is 28.8 Å². The van der Waals surface area contributed by atoms with Crippen molar-refractivity contribution >= 4 is 5.78 Å². The molecule has 2 heterocycles. The standard InChI is InChI=1S/C32H26O6/c33-31(20-7-3-1-4-8-20)30-29(22-12-14-26-28(16-22)38-19-36-26)24(17-32(30,34)23-9-5-2-6-10-23)21-11-13-25-27(15-21)37-18-35-25/h1-16,24,29-30,34H,17-19H2/t24-,29-,30-,32+/m1/s1. The Bertz CT molecular complexity index is 1500. The van der Waals surface area contributed by atoms with E-state index in [0.29, 0.717) is 35.0 Å². The monoisotopic (exact) mass is 506 g/mol. The van der Waals surface area contributed by atoms with Crippen LogP contribution in [0.3, 0.4) is 0 Å². The summed E-state index contributed by atoms with van der Waals surface area (Å²) in [5.74, 6) is 1.32. The second kappa shape index (κ2) is 8.92. The molecule has 0 aromatic heterocycles. The Balaban J connectivity index is 1.43. The molecule has 1 fully saturated rings. The van der Waals surface area contributed by atoms with Gasteiger partial charge in [-0.3, -0.25) is 4.79 Å². The zero-order valence-electron chi connectivity index (χ0n) is 20.6. The van der Waals surface area contributed by atoms with Crippen LogP contribution in [0, 0.1) is 5.92 Å². The van der Waals surface area contributed by atoms with Gasteiger partial charge in [0.15, 0.2) is 28.8 Å². The third kappa shape index (κ3) is 3.63. The molecule has 0 bridgehead atoms. The van der Waals surface area contributed by atoms with Crippen LogP contribution in [-0.2, 0) is 5.60 Å². The lowest BCUT2D eigenvalue weighted by molar-refractivity contribution is -0.000271. The van der Waals surface area contributed by atoms with Crippen LogP contribution in [0.15, 0.2) is 97.1 Å². The Kier molecular flexibility index (Phi) is 5.37. The molecular formula is C32H26O6. The van der Waals surface area contributed by atoms with Crippen LogP contribution < -0.4 is 18.9 Å². The fraction of sp³-hybridized carbons (Fsp3) is 0.219. The minimum atomic E-state index is -1.41. The molecule has 0 saturated heterocycles. The topological polar surface area (TPSA) is 74.2 Å². The van der Waals surface area contributed by atoms with Crippen LogP contribution in [0.5, 0.6) is 23.0 Å². The van der Waals surface area contributed by atoms with Gasteiger partial charge in [-0.2, -0.15) is 0 Å². The molecule has 4 aromatic rings. The SMILES string of the molecule is O=C(c1ccccc1)[C@H]1[C@H](c2ccc3c(c2)OCO3)[C@@H](c2ccc3c(c2)OCO3)C[C@]1(O)c1ccccc1. The number of hydrogen-bond donors (Lipinski definition) is 1. The minimum absolute atomic E-state index is 0.0946. The molecule has 38 heavy (non-hydrogen) atoms. The number of ketones is 1. The van der Waals surface area contributed by atoms with E-state index in [-0.39, 0.29) is 31.2 Å². The van der Waals surface area contributed by atoms with E-state index in [0.717, 1.165) is 16.7 Å². The lowest BCUT2D eigenvalue weighted by Crippen LogP contribution is -2.38. The summed E-state index contributed by atoms with van der Waals surface area (Å²) in [7, 11) is 0. The van der Waals surface area contributed by atoms with Crippen molar-refractivity contribution in [3.63, 3.8) is 0 Å². The molecule has 6 heteroatoms. The van der Waals surface area contributed by atoms with Crippen LogP contribution in [-0.4, -0.2) is 24.5 Å². The van der Waals surface area contributed by atoms with Crippen LogP contribution in [0.4, 0.5) is 0 Å². The summed E-state index contributed by atoms with van der Waals surface area (Å²) in [6.07, 6.45) is 0.360. The molecule has 190 valence electrons. The summed E-state index contributed by atoms with van der Waals surface area (Å²) in [6.45, 7) is 0.341. The number of fused-ring (bicyclic) bond motifs is 2. The molecule has 1 saturated carbocycles. The van der Waals surface area contributed by atoms with Gasteiger partial charge in [0.05, 0.1) is 5.92 Å². The van der Waals surface area contributed by atoms with Gasteiger partial charge in [0, 0.05) is 11.5 Å². The first-order valence-electron chi connectivity index (χ1n) is 12.8. The quantitative estimate of drug-likeness (QED) is 0.345. The Morgan fingerprint density at radius 2 is 1.24 bits per heavy atom. The van der Waals surface area contributed by atoms with Gasteiger partial charge in [0.2, 0.25) is 13.6 Å². The van der Waals surface area contributed by atoms with Gasteiger partial charge < -0.3 is 24.1 Å². The zero-order valence-corrected chi connectivity index (χ0v) is 20.6. The number of carbonyl (C=O) groups excluding carboxylic acids is 1. The first-order valence-corrected chi connectivity index (χ1v) is 12.8. The number of hydrogen-bond acceptors (Lipinski definition) is 6. The molecule has 0 spiro atoms. The Morgan fingerprint density at radius 1 is 0.684 bits per heavy atom. The molecule has 0 amide bonds. The van der Waals surface area contributed by atoms with Crippen molar-refractivity contribution in [3.05, 3.63) is 119 Å². The van der Waals surface area contributed by atoms with Crippen molar-refractivity contribution in [2.24, 2.45) is 5.92 Å². The third-order valence-corrected chi connectivity index (χ3v) is 8.06. The van der Waals surface area contributed by atoms with E-state index in [4.69, 9.17) is 18.9 Å². The first-order chi connectivity index (χ1) is 18.6. The van der Waals surface area contributed by atoms with Crippen molar-refractivity contribution in [2.45, 2.75) is 23.9 Å². The lowest BCUT2D eigenvalue weighted by Gasteiger charge is -2.33. The molecule has 1 aliphatic carbocycles. The van der Waals surface area contributed by atoms with Gasteiger partial charge >= 0.3 is 0 Å². The van der Waals surface area contributed by atoms with E-state index in [9.17, 15) is 9.90 Å². The number of rotatable bonds is 5. The van der Waals surface area contributed by atoms with E-state index in [2.05, 4.69) is 0 Å². The van der Waals surface area contributed by atoms with E-state index >= 15 is 0 Å². The molecular weight excluding hydrogens is 480 g/mol. The summed E-state index contributed by atoms with van der Waals surface area (Å²) in [6, 6.07) is 30.5. The second-order valence-corrected chi connectivity index (χ2v) is 10.1.